The molecule has 0 unspecified atom stereocenters. The number of aryl methyl sites for hydroxylation is 1. The Morgan fingerprint density at radius 2 is 1.28 bits per heavy atom. The molecule has 0 atom stereocenters. The van der Waals surface area contributed by atoms with Crippen LogP contribution in [0.2, 0.25) is 0 Å². The van der Waals surface area contributed by atoms with Gasteiger partial charge in [-0.05, 0) is 92.1 Å². The molecule has 0 amide bonds. The van der Waals surface area contributed by atoms with Crippen LogP contribution in [-0.4, -0.2) is 38.9 Å². The molecule has 0 saturated heterocycles. The fourth-order valence-corrected chi connectivity index (χ4v) is 6.29. The number of ether oxygens (including phenoxy) is 3. The third kappa shape index (κ3) is 8.13. The van der Waals surface area contributed by atoms with Crippen LogP contribution in [0.3, 0.4) is 0 Å². The molecule has 9 heteroatoms. The van der Waals surface area contributed by atoms with Crippen LogP contribution >= 0.6 is 0 Å². The van der Waals surface area contributed by atoms with Gasteiger partial charge in [-0.3, -0.25) is 9.36 Å². The van der Waals surface area contributed by atoms with E-state index in [4.69, 9.17) is 19.2 Å². The van der Waals surface area contributed by atoms with Gasteiger partial charge in [-0.2, -0.15) is 4.98 Å². The molecule has 0 fully saturated rings. The molecule has 0 N–H and O–H groups in total. The molecule has 0 aliphatic carbocycles. The van der Waals surface area contributed by atoms with E-state index in [1.54, 1.807) is 0 Å². The molecule has 4 aliphatic heterocycles. The van der Waals surface area contributed by atoms with Crippen molar-refractivity contribution in [3.05, 3.63) is 75.4 Å². The van der Waals surface area contributed by atoms with Crippen LogP contribution in [-0.2, 0) is 13.1 Å². The Hall–Kier alpha value is -4.40. The van der Waals surface area contributed by atoms with E-state index in [1.165, 1.54) is 4.57 Å². The number of unbranched alkanes of at least 4 members (excludes halogenated alkanes) is 3. The summed E-state index contributed by atoms with van der Waals surface area (Å²) in [6.45, 7) is 5.04. The van der Waals surface area contributed by atoms with Crippen LogP contribution in [0.5, 0.6) is 17.2 Å². The lowest BCUT2D eigenvalue weighted by molar-refractivity contribution is 0.288. The topological polar surface area (TPSA) is 97.5 Å². The summed E-state index contributed by atoms with van der Waals surface area (Å²) in [6.07, 6.45) is 11.6. The van der Waals surface area contributed by atoms with Gasteiger partial charge >= 0.3 is 5.69 Å². The number of fused-ring (bicyclic) bond motifs is 15. The van der Waals surface area contributed by atoms with E-state index in [0.717, 1.165) is 104 Å². The van der Waals surface area contributed by atoms with E-state index in [9.17, 15) is 9.59 Å². The monoisotopic (exact) mass is 638 g/mol. The molecular formula is C38H46N4O5. The first kappa shape index (κ1) is 32.5. The number of benzene rings is 3. The third-order valence-corrected chi connectivity index (χ3v) is 8.96. The maximum Gasteiger partial charge on any atom is 0.352 e. The highest BCUT2D eigenvalue weighted by Crippen LogP contribution is 2.27. The van der Waals surface area contributed by atoms with Crippen LogP contribution < -0.4 is 25.5 Å². The minimum atomic E-state index is -0.514. The molecule has 0 radical (unpaired) electrons. The van der Waals surface area contributed by atoms with Gasteiger partial charge in [0.1, 0.15) is 17.2 Å². The fourth-order valence-electron chi connectivity index (χ4n) is 6.29. The number of nitrogens with zero attached hydrogens (tertiary/aromatic N) is 4. The van der Waals surface area contributed by atoms with E-state index in [0.29, 0.717) is 50.7 Å². The zero-order valence-electron chi connectivity index (χ0n) is 27.5. The van der Waals surface area contributed by atoms with Crippen molar-refractivity contribution in [1.29, 1.82) is 0 Å². The smallest absolute Gasteiger partial charge is 0.352 e. The summed E-state index contributed by atoms with van der Waals surface area (Å²) in [5, 5.41) is 2.25. The van der Waals surface area contributed by atoms with E-state index in [2.05, 4.69) is 36.2 Å². The van der Waals surface area contributed by atoms with Crippen molar-refractivity contribution < 1.29 is 14.2 Å². The van der Waals surface area contributed by atoms with Crippen molar-refractivity contribution in [2.45, 2.75) is 97.1 Å². The van der Waals surface area contributed by atoms with Gasteiger partial charge in [0.15, 0.2) is 11.5 Å². The van der Waals surface area contributed by atoms with Gasteiger partial charge < -0.3 is 18.8 Å². The van der Waals surface area contributed by atoms with Gasteiger partial charge in [0.05, 0.1) is 30.9 Å². The van der Waals surface area contributed by atoms with E-state index >= 15 is 0 Å². The summed E-state index contributed by atoms with van der Waals surface area (Å²) in [4.78, 5) is 36.0. The third-order valence-electron chi connectivity index (χ3n) is 8.96. The second-order valence-electron chi connectivity index (χ2n) is 12.5. The van der Waals surface area contributed by atoms with E-state index < -0.39 is 5.69 Å². The lowest BCUT2D eigenvalue weighted by atomic mass is 10.1. The second-order valence-corrected chi connectivity index (χ2v) is 12.5. The Kier molecular flexibility index (Phi) is 11.0. The molecular weight excluding hydrogens is 592 g/mol. The SMILES string of the molecule is CCCCCCn1c2nc(=O)n3c(=O)c-2nc2ccc(cc21)OCCCCCCOc1ccc2ccc(cc2c1)OCCCCCC3. The molecule has 0 spiro atoms. The average Bonchev–Trinajstić information content (AvgIpc) is 3.08. The minimum absolute atomic E-state index is 0.245. The first-order chi connectivity index (χ1) is 23.1. The summed E-state index contributed by atoms with van der Waals surface area (Å²) in [5.41, 5.74) is 0.884. The number of hydrogen-bond acceptors (Lipinski definition) is 7. The number of rotatable bonds is 5. The Labute approximate surface area is 275 Å². The predicted octanol–water partition coefficient (Wildman–Crippen LogP) is 7.76. The predicted molar refractivity (Wildman–Crippen MR) is 186 cm³/mol. The van der Waals surface area contributed by atoms with E-state index in [-0.39, 0.29) is 11.3 Å². The molecule has 4 aliphatic rings. The quantitative estimate of drug-likeness (QED) is 0.143. The lowest BCUT2D eigenvalue weighted by Crippen LogP contribution is -2.38. The number of hydrogen-bond donors (Lipinski definition) is 0. The highest BCUT2D eigenvalue weighted by atomic mass is 16.5. The molecule has 9 bridgehead atoms. The molecule has 3 aromatic carbocycles. The van der Waals surface area contributed by atoms with Gasteiger partial charge in [0.25, 0.3) is 5.56 Å². The molecule has 3 aromatic rings. The molecule has 4 heterocycles. The largest absolute Gasteiger partial charge is 0.494 e. The molecule has 47 heavy (non-hydrogen) atoms. The summed E-state index contributed by atoms with van der Waals surface area (Å²) < 4.78 is 21.5. The normalized spacial score (nSPS) is 15.4. The summed E-state index contributed by atoms with van der Waals surface area (Å²) in [5.74, 6) is 2.82. The van der Waals surface area contributed by atoms with Crippen LogP contribution in [0.4, 0.5) is 0 Å². The van der Waals surface area contributed by atoms with Crippen LogP contribution in [0.1, 0.15) is 84.0 Å². The maximum absolute atomic E-state index is 13.7. The average molecular weight is 639 g/mol. The minimum Gasteiger partial charge on any atom is -0.494 e. The zero-order chi connectivity index (χ0) is 32.4. The summed E-state index contributed by atoms with van der Waals surface area (Å²) in [6, 6.07) is 18.1. The van der Waals surface area contributed by atoms with Crippen molar-refractivity contribution >= 4 is 21.8 Å². The van der Waals surface area contributed by atoms with Crippen molar-refractivity contribution in [2.24, 2.45) is 0 Å². The van der Waals surface area contributed by atoms with Crippen LogP contribution in [0.15, 0.2) is 64.2 Å². The maximum atomic E-state index is 13.7. The van der Waals surface area contributed by atoms with Gasteiger partial charge in [-0.1, -0.05) is 51.2 Å². The Morgan fingerprint density at radius 1 is 0.660 bits per heavy atom. The van der Waals surface area contributed by atoms with Gasteiger partial charge in [-0.15, -0.1) is 0 Å². The summed E-state index contributed by atoms with van der Waals surface area (Å²) in [7, 11) is 0. The van der Waals surface area contributed by atoms with Gasteiger partial charge in [-0.25, -0.2) is 9.78 Å². The van der Waals surface area contributed by atoms with Gasteiger partial charge in [0, 0.05) is 19.2 Å². The highest BCUT2D eigenvalue weighted by molar-refractivity contribution is 5.85. The zero-order valence-corrected chi connectivity index (χ0v) is 27.5. The number of aromatic nitrogens is 4. The first-order valence-electron chi connectivity index (χ1n) is 17.5. The standard InChI is InChI=1S/C38H46N4O5/c1-2-3-4-9-20-41-34-27-32-18-19-33(34)39-35-36(41)40-38(44)42(37(35)43)21-10-5-6-11-22-45-30-16-14-28-15-17-31(26-29(28)25-30)46-23-12-7-8-13-24-47-32/h14-19,25-27H,2-13,20-24H2,1H3. The molecule has 0 saturated carbocycles. The van der Waals surface area contributed by atoms with Crippen molar-refractivity contribution in [1.82, 2.24) is 19.1 Å². The van der Waals surface area contributed by atoms with Crippen molar-refractivity contribution in [3.63, 3.8) is 0 Å². The Morgan fingerprint density at radius 3 is 1.94 bits per heavy atom. The van der Waals surface area contributed by atoms with Crippen LogP contribution in [0, 0.1) is 0 Å². The van der Waals surface area contributed by atoms with Crippen LogP contribution in [0.25, 0.3) is 33.3 Å². The van der Waals surface area contributed by atoms with Crippen molar-refractivity contribution in [3.8, 4) is 28.8 Å². The molecule has 0 aromatic heterocycles. The summed E-state index contributed by atoms with van der Waals surface area (Å²) >= 11 is 0. The van der Waals surface area contributed by atoms with E-state index in [1.807, 2.05) is 34.9 Å². The lowest BCUT2D eigenvalue weighted by Gasteiger charge is -2.19. The molecule has 248 valence electrons. The first-order valence-corrected chi connectivity index (χ1v) is 17.5. The Balaban J connectivity index is 1.23. The molecule has 7 rings (SSSR count). The second kappa shape index (κ2) is 15.9. The van der Waals surface area contributed by atoms with Crippen molar-refractivity contribution in [2.75, 3.05) is 19.8 Å². The van der Waals surface area contributed by atoms with Gasteiger partial charge in [0.2, 0.25) is 0 Å². The fraction of sp³-hybridized carbons (Fsp3) is 0.474. The Bertz CT molecular complexity index is 1880. The molecule has 9 nitrogen and oxygen atoms in total. The highest BCUT2D eigenvalue weighted by Gasteiger charge is 2.22.